The highest BCUT2D eigenvalue weighted by Gasteiger charge is 2.28. The minimum Gasteiger partial charge on any atom is -0.453 e. The van der Waals surface area contributed by atoms with Gasteiger partial charge >= 0.3 is 11.8 Å². The van der Waals surface area contributed by atoms with Crippen molar-refractivity contribution in [1.82, 2.24) is 19.0 Å². The van der Waals surface area contributed by atoms with Gasteiger partial charge in [-0.25, -0.2) is 9.59 Å². The quantitative estimate of drug-likeness (QED) is 0.520. The molecular formula is C25H26N4O4. The summed E-state index contributed by atoms with van der Waals surface area (Å²) in [7, 11) is 1.38. The molecule has 1 aliphatic heterocycles. The second-order valence-corrected chi connectivity index (χ2v) is 8.34. The van der Waals surface area contributed by atoms with Crippen LogP contribution in [0.25, 0.3) is 21.8 Å². The van der Waals surface area contributed by atoms with Crippen molar-refractivity contribution >= 4 is 27.9 Å². The fourth-order valence-corrected chi connectivity index (χ4v) is 4.90. The van der Waals surface area contributed by atoms with Crippen molar-refractivity contribution in [2.75, 3.05) is 20.2 Å². The maximum Gasteiger partial charge on any atom is 0.409 e. The average molecular weight is 447 g/mol. The van der Waals surface area contributed by atoms with E-state index >= 15 is 0 Å². The van der Waals surface area contributed by atoms with Crippen LogP contribution in [0.4, 0.5) is 4.79 Å². The van der Waals surface area contributed by atoms with E-state index in [1.165, 1.54) is 7.11 Å². The number of piperidine rings is 1. The molecule has 0 unspecified atom stereocenters. The van der Waals surface area contributed by atoms with Crippen LogP contribution < -0.4 is 5.69 Å². The van der Waals surface area contributed by atoms with Crippen LogP contribution in [0.2, 0.25) is 0 Å². The Morgan fingerprint density at radius 1 is 1.09 bits per heavy atom. The SMILES string of the molecule is COC(=O)N1CCC(n2c(=O)n(Cc3ncc4ccccc4c3CO)c3ccccc32)CC1. The summed E-state index contributed by atoms with van der Waals surface area (Å²) in [5, 5.41) is 12.0. The third-order valence-corrected chi connectivity index (χ3v) is 6.59. The Kier molecular flexibility index (Phi) is 5.60. The first-order valence-corrected chi connectivity index (χ1v) is 11.1. The topological polar surface area (TPSA) is 89.6 Å². The van der Waals surface area contributed by atoms with E-state index < -0.39 is 0 Å². The van der Waals surface area contributed by atoms with E-state index in [0.29, 0.717) is 31.6 Å². The zero-order valence-electron chi connectivity index (χ0n) is 18.5. The molecule has 1 N–H and O–H groups in total. The van der Waals surface area contributed by atoms with Crippen molar-refractivity contribution in [2.24, 2.45) is 0 Å². The molecule has 4 aromatic rings. The van der Waals surface area contributed by atoms with E-state index in [-0.39, 0.29) is 31.0 Å². The number of nitrogens with zero attached hydrogens (tertiary/aromatic N) is 4. The van der Waals surface area contributed by atoms with E-state index in [0.717, 1.165) is 27.4 Å². The van der Waals surface area contributed by atoms with E-state index in [2.05, 4.69) is 4.98 Å². The van der Waals surface area contributed by atoms with Gasteiger partial charge in [0.15, 0.2) is 0 Å². The number of pyridine rings is 1. The first-order valence-electron chi connectivity index (χ1n) is 11.1. The van der Waals surface area contributed by atoms with Crippen molar-refractivity contribution < 1.29 is 14.6 Å². The molecule has 33 heavy (non-hydrogen) atoms. The molecule has 0 atom stereocenters. The zero-order valence-corrected chi connectivity index (χ0v) is 18.5. The molecule has 0 spiro atoms. The number of carbonyl (C=O) groups is 1. The van der Waals surface area contributed by atoms with Crippen LogP contribution in [-0.4, -0.2) is 50.4 Å². The third-order valence-electron chi connectivity index (χ3n) is 6.59. The van der Waals surface area contributed by atoms with Gasteiger partial charge in [0.2, 0.25) is 0 Å². The standard InChI is InChI=1S/C25H26N4O4/c1-33-25(32)27-12-10-18(11-13-27)29-23-9-5-4-8-22(23)28(24(29)31)15-21-20(16-30)19-7-3-2-6-17(19)14-26-21/h2-9,14,18,30H,10-13,15-16H2,1H3. The van der Waals surface area contributed by atoms with Gasteiger partial charge in [-0.2, -0.15) is 0 Å². The second kappa shape index (κ2) is 8.71. The van der Waals surface area contributed by atoms with Gasteiger partial charge in [-0.05, 0) is 30.4 Å². The number of amides is 1. The minimum absolute atomic E-state index is 0.00793. The van der Waals surface area contributed by atoms with E-state index in [9.17, 15) is 14.7 Å². The highest BCUT2D eigenvalue weighted by Crippen LogP contribution is 2.27. The molecule has 0 bridgehead atoms. The van der Waals surface area contributed by atoms with Gasteiger partial charge in [0.25, 0.3) is 0 Å². The lowest BCUT2D eigenvalue weighted by molar-refractivity contribution is 0.107. The molecule has 0 saturated carbocycles. The molecule has 1 saturated heterocycles. The number of aliphatic hydroxyl groups excluding tert-OH is 1. The number of para-hydroxylation sites is 2. The predicted octanol–water partition coefficient (Wildman–Crippen LogP) is 3.30. The van der Waals surface area contributed by atoms with Crippen LogP contribution in [0.5, 0.6) is 0 Å². The zero-order chi connectivity index (χ0) is 22.9. The van der Waals surface area contributed by atoms with Gasteiger partial charge in [0.1, 0.15) is 0 Å². The van der Waals surface area contributed by atoms with Crippen LogP contribution in [0.1, 0.15) is 30.1 Å². The third kappa shape index (κ3) is 3.66. The van der Waals surface area contributed by atoms with Crippen LogP contribution in [0.15, 0.2) is 59.5 Å². The summed E-state index contributed by atoms with van der Waals surface area (Å²) < 4.78 is 8.42. The van der Waals surface area contributed by atoms with Crippen LogP contribution >= 0.6 is 0 Å². The number of fused-ring (bicyclic) bond motifs is 2. The lowest BCUT2D eigenvalue weighted by Crippen LogP contribution is -2.41. The number of rotatable bonds is 4. The largest absolute Gasteiger partial charge is 0.453 e. The van der Waals surface area contributed by atoms with E-state index in [4.69, 9.17) is 4.74 Å². The normalized spacial score (nSPS) is 14.8. The van der Waals surface area contributed by atoms with Gasteiger partial charge in [-0.3, -0.25) is 14.1 Å². The molecule has 170 valence electrons. The summed E-state index contributed by atoms with van der Waals surface area (Å²) in [5.41, 5.74) is 3.01. The number of benzene rings is 2. The minimum atomic E-state index is -0.331. The van der Waals surface area contributed by atoms with Crippen LogP contribution in [-0.2, 0) is 17.9 Å². The second-order valence-electron chi connectivity index (χ2n) is 8.34. The number of ether oxygens (including phenoxy) is 1. The van der Waals surface area contributed by atoms with Gasteiger partial charge in [0.05, 0.1) is 37.0 Å². The average Bonchev–Trinajstić information content (AvgIpc) is 3.14. The summed E-state index contributed by atoms with van der Waals surface area (Å²) in [4.78, 5) is 31.8. The lowest BCUT2D eigenvalue weighted by atomic mass is 10.0. The number of aliphatic hydroxyl groups is 1. The molecule has 8 heteroatoms. The first kappa shape index (κ1) is 21.2. The Hall–Kier alpha value is -3.65. The number of hydrogen-bond donors (Lipinski definition) is 1. The molecule has 2 aromatic carbocycles. The van der Waals surface area contributed by atoms with E-state index in [1.54, 1.807) is 15.7 Å². The number of hydrogen-bond acceptors (Lipinski definition) is 5. The molecule has 0 aliphatic carbocycles. The Bertz CT molecular complexity index is 1380. The molecular weight excluding hydrogens is 420 g/mol. The first-order chi connectivity index (χ1) is 16.1. The number of methoxy groups -OCH3 is 1. The number of likely N-dealkylation sites (tertiary alicyclic amines) is 1. The Morgan fingerprint density at radius 2 is 1.79 bits per heavy atom. The molecule has 8 nitrogen and oxygen atoms in total. The fourth-order valence-electron chi connectivity index (χ4n) is 4.90. The summed E-state index contributed by atoms with van der Waals surface area (Å²) in [5.74, 6) is 0. The summed E-state index contributed by atoms with van der Waals surface area (Å²) in [6.07, 6.45) is 2.82. The van der Waals surface area contributed by atoms with Crippen molar-refractivity contribution in [2.45, 2.75) is 32.0 Å². The number of aromatic nitrogens is 3. The van der Waals surface area contributed by atoms with Crippen LogP contribution in [0, 0.1) is 0 Å². The highest BCUT2D eigenvalue weighted by molar-refractivity contribution is 5.85. The monoisotopic (exact) mass is 446 g/mol. The van der Waals surface area contributed by atoms with E-state index in [1.807, 2.05) is 53.1 Å². The molecule has 2 aromatic heterocycles. The molecule has 3 heterocycles. The van der Waals surface area contributed by atoms with Crippen molar-refractivity contribution in [1.29, 1.82) is 0 Å². The van der Waals surface area contributed by atoms with Crippen molar-refractivity contribution in [3.8, 4) is 0 Å². The van der Waals surface area contributed by atoms with Crippen molar-refractivity contribution in [3.63, 3.8) is 0 Å². The Morgan fingerprint density at radius 3 is 2.52 bits per heavy atom. The number of carbonyl (C=O) groups excluding carboxylic acids is 1. The van der Waals surface area contributed by atoms with Crippen molar-refractivity contribution in [3.05, 3.63) is 76.5 Å². The maximum absolute atomic E-state index is 13.7. The smallest absolute Gasteiger partial charge is 0.409 e. The molecule has 1 aliphatic rings. The Balaban J connectivity index is 1.55. The van der Waals surface area contributed by atoms with Gasteiger partial charge in [-0.1, -0.05) is 36.4 Å². The van der Waals surface area contributed by atoms with Gasteiger partial charge in [0, 0.05) is 36.3 Å². The molecule has 5 rings (SSSR count). The predicted molar refractivity (Wildman–Crippen MR) is 125 cm³/mol. The number of imidazole rings is 1. The van der Waals surface area contributed by atoms with Gasteiger partial charge < -0.3 is 14.7 Å². The fraction of sp³-hybridized carbons (Fsp3) is 0.320. The molecule has 1 amide bonds. The van der Waals surface area contributed by atoms with Gasteiger partial charge in [-0.15, -0.1) is 0 Å². The Labute approximate surface area is 190 Å². The molecule has 1 fully saturated rings. The van der Waals surface area contributed by atoms with Crippen LogP contribution in [0.3, 0.4) is 0 Å². The summed E-state index contributed by atoms with van der Waals surface area (Å²) >= 11 is 0. The maximum atomic E-state index is 13.7. The summed E-state index contributed by atoms with van der Waals surface area (Å²) in [6, 6.07) is 15.5. The molecule has 0 radical (unpaired) electrons. The highest BCUT2D eigenvalue weighted by atomic mass is 16.5. The summed E-state index contributed by atoms with van der Waals surface area (Å²) in [6.45, 7) is 1.21. The lowest BCUT2D eigenvalue weighted by Gasteiger charge is -2.31.